The Hall–Kier alpha value is -1.89. The lowest BCUT2D eigenvalue weighted by atomic mass is 10.2. The van der Waals surface area contributed by atoms with Crippen LogP contribution >= 0.6 is 11.3 Å². The molecule has 0 radical (unpaired) electrons. The number of amides is 3. The van der Waals surface area contributed by atoms with Crippen LogP contribution in [-0.4, -0.2) is 53.4 Å². The second-order valence-electron chi connectivity index (χ2n) is 4.52. The first kappa shape index (κ1) is 12.2. The monoisotopic (exact) mass is 280 g/mol. The highest BCUT2D eigenvalue weighted by molar-refractivity contribution is 7.08. The maximum atomic E-state index is 12.1. The number of likely N-dealkylation sites (tertiary alicyclic amines) is 1. The van der Waals surface area contributed by atoms with Gasteiger partial charge >= 0.3 is 6.09 Å². The van der Waals surface area contributed by atoms with E-state index in [-0.39, 0.29) is 24.5 Å². The Morgan fingerprint density at radius 1 is 1.42 bits per heavy atom. The summed E-state index contributed by atoms with van der Waals surface area (Å²) in [6.07, 6.45) is 0.0105. The van der Waals surface area contributed by atoms with E-state index < -0.39 is 6.09 Å². The van der Waals surface area contributed by atoms with E-state index in [4.69, 9.17) is 4.74 Å². The summed E-state index contributed by atoms with van der Waals surface area (Å²) in [7, 11) is 0. The Morgan fingerprint density at radius 3 is 2.89 bits per heavy atom. The van der Waals surface area contributed by atoms with Crippen molar-refractivity contribution in [3.05, 3.63) is 22.4 Å². The number of carbonyl (C=O) groups is 3. The van der Waals surface area contributed by atoms with Gasteiger partial charge in [0.15, 0.2) is 6.61 Å². The number of imide groups is 1. The third-order valence-corrected chi connectivity index (χ3v) is 4.05. The van der Waals surface area contributed by atoms with Gasteiger partial charge in [-0.1, -0.05) is 0 Å². The lowest BCUT2D eigenvalue weighted by Gasteiger charge is -2.20. The van der Waals surface area contributed by atoms with E-state index >= 15 is 0 Å². The average Bonchev–Trinajstić information content (AvgIpc) is 3.10. The summed E-state index contributed by atoms with van der Waals surface area (Å²) in [5.74, 6) is -0.372. The van der Waals surface area contributed by atoms with Crippen molar-refractivity contribution in [3.63, 3.8) is 0 Å². The molecule has 3 rings (SSSR count). The highest BCUT2D eigenvalue weighted by atomic mass is 32.1. The number of nitrogens with zero attached hydrogens (tertiary/aromatic N) is 2. The Bertz CT molecular complexity index is 512. The first-order chi connectivity index (χ1) is 9.16. The van der Waals surface area contributed by atoms with Gasteiger partial charge in [0.05, 0.1) is 11.6 Å². The van der Waals surface area contributed by atoms with Gasteiger partial charge in [-0.3, -0.25) is 9.59 Å². The molecule has 2 saturated heterocycles. The number of cyclic esters (lactones) is 1. The minimum Gasteiger partial charge on any atom is -0.439 e. The highest BCUT2D eigenvalue weighted by Crippen LogP contribution is 2.22. The lowest BCUT2D eigenvalue weighted by Crippen LogP contribution is -2.41. The maximum absolute atomic E-state index is 12.1. The Morgan fingerprint density at radius 2 is 2.26 bits per heavy atom. The Labute approximate surface area is 113 Å². The van der Waals surface area contributed by atoms with Crippen molar-refractivity contribution < 1.29 is 19.1 Å². The standard InChI is InChI=1S/C12H12N2O4S/c15-10-6-18-12(17)14(10)9-1-3-13(5-9)11(16)8-2-4-19-7-8/h2,4,7,9H,1,3,5-6H2/t9-/m1/s1. The number of hydrogen-bond acceptors (Lipinski definition) is 5. The van der Waals surface area contributed by atoms with Crippen LogP contribution in [-0.2, 0) is 9.53 Å². The minimum absolute atomic E-state index is 0.0521. The van der Waals surface area contributed by atoms with Crippen molar-refractivity contribution in [1.29, 1.82) is 0 Å². The summed E-state index contributed by atoms with van der Waals surface area (Å²) in [5.41, 5.74) is 0.654. The van der Waals surface area contributed by atoms with Crippen LogP contribution < -0.4 is 0 Å². The van der Waals surface area contributed by atoms with Crippen molar-refractivity contribution in [1.82, 2.24) is 9.80 Å². The zero-order chi connectivity index (χ0) is 13.4. The van der Waals surface area contributed by atoms with Crippen LogP contribution in [0.4, 0.5) is 4.79 Å². The van der Waals surface area contributed by atoms with Crippen LogP contribution in [0.15, 0.2) is 16.8 Å². The molecular formula is C12H12N2O4S. The van der Waals surface area contributed by atoms with Crippen molar-refractivity contribution in [2.75, 3.05) is 19.7 Å². The fraction of sp³-hybridized carbons (Fsp3) is 0.417. The zero-order valence-corrected chi connectivity index (χ0v) is 10.9. The molecule has 0 unspecified atom stereocenters. The van der Waals surface area contributed by atoms with Crippen molar-refractivity contribution >= 4 is 29.2 Å². The van der Waals surface area contributed by atoms with Gasteiger partial charge in [-0.15, -0.1) is 0 Å². The molecule has 19 heavy (non-hydrogen) atoms. The van der Waals surface area contributed by atoms with Gasteiger partial charge in [-0.25, -0.2) is 9.69 Å². The summed E-state index contributed by atoms with van der Waals surface area (Å²) >= 11 is 1.47. The van der Waals surface area contributed by atoms with Gasteiger partial charge in [0.1, 0.15) is 0 Å². The molecule has 2 fully saturated rings. The maximum Gasteiger partial charge on any atom is 0.417 e. The average molecular weight is 280 g/mol. The second kappa shape index (κ2) is 4.65. The molecule has 2 aliphatic rings. The fourth-order valence-electron chi connectivity index (χ4n) is 2.42. The number of rotatable bonds is 2. The van der Waals surface area contributed by atoms with E-state index in [0.717, 1.165) is 4.90 Å². The van der Waals surface area contributed by atoms with Gasteiger partial charge in [0, 0.05) is 18.5 Å². The third-order valence-electron chi connectivity index (χ3n) is 3.37. The Balaban J connectivity index is 1.69. The predicted octanol–water partition coefficient (Wildman–Crippen LogP) is 0.941. The number of carbonyl (C=O) groups excluding carboxylic acids is 3. The van der Waals surface area contributed by atoms with Crippen molar-refractivity contribution in [2.45, 2.75) is 12.5 Å². The molecule has 0 bridgehead atoms. The Kier molecular flexibility index (Phi) is 2.98. The first-order valence-electron chi connectivity index (χ1n) is 5.97. The molecule has 3 amide bonds. The van der Waals surface area contributed by atoms with E-state index in [9.17, 15) is 14.4 Å². The largest absolute Gasteiger partial charge is 0.439 e. The van der Waals surface area contributed by atoms with Crippen LogP contribution in [0.2, 0.25) is 0 Å². The fourth-order valence-corrected chi connectivity index (χ4v) is 3.05. The second-order valence-corrected chi connectivity index (χ2v) is 5.30. The van der Waals surface area contributed by atoms with E-state index in [2.05, 4.69) is 0 Å². The third kappa shape index (κ3) is 2.10. The smallest absolute Gasteiger partial charge is 0.417 e. The molecular weight excluding hydrogens is 268 g/mol. The van der Waals surface area contributed by atoms with E-state index in [1.54, 1.807) is 16.3 Å². The van der Waals surface area contributed by atoms with E-state index in [1.807, 2.05) is 5.38 Å². The molecule has 100 valence electrons. The van der Waals surface area contributed by atoms with Crippen molar-refractivity contribution in [3.8, 4) is 0 Å². The molecule has 3 heterocycles. The normalized spacial score (nSPS) is 23.1. The molecule has 1 aromatic heterocycles. The molecule has 7 heteroatoms. The minimum atomic E-state index is -0.597. The van der Waals surface area contributed by atoms with Gasteiger partial charge < -0.3 is 9.64 Å². The van der Waals surface area contributed by atoms with Gasteiger partial charge in [-0.2, -0.15) is 11.3 Å². The van der Waals surface area contributed by atoms with E-state index in [0.29, 0.717) is 25.1 Å². The molecule has 0 saturated carbocycles. The topological polar surface area (TPSA) is 66.9 Å². The molecule has 0 aromatic carbocycles. The van der Waals surface area contributed by atoms with Crippen LogP contribution in [0, 0.1) is 0 Å². The highest BCUT2D eigenvalue weighted by Gasteiger charge is 2.41. The summed E-state index contributed by atoms with van der Waals surface area (Å²) in [6.45, 7) is 0.750. The molecule has 0 spiro atoms. The molecule has 1 atom stereocenters. The van der Waals surface area contributed by atoms with E-state index in [1.165, 1.54) is 11.3 Å². The quantitative estimate of drug-likeness (QED) is 0.808. The van der Waals surface area contributed by atoms with Crippen molar-refractivity contribution in [2.24, 2.45) is 0 Å². The number of thiophene rings is 1. The number of hydrogen-bond donors (Lipinski definition) is 0. The predicted molar refractivity (Wildman–Crippen MR) is 66.8 cm³/mol. The molecule has 0 aliphatic carbocycles. The van der Waals surface area contributed by atoms with Gasteiger partial charge in [0.25, 0.3) is 11.8 Å². The SMILES string of the molecule is O=C(c1ccsc1)N1CC[C@@H](N2C(=O)COC2=O)C1. The van der Waals surface area contributed by atoms with Crippen LogP contribution in [0.1, 0.15) is 16.8 Å². The van der Waals surface area contributed by atoms with Gasteiger partial charge in [0.2, 0.25) is 0 Å². The molecule has 2 aliphatic heterocycles. The molecule has 1 aromatic rings. The summed E-state index contributed by atoms with van der Waals surface area (Å²) in [5, 5.41) is 3.65. The summed E-state index contributed by atoms with van der Waals surface area (Å²) in [4.78, 5) is 38.0. The zero-order valence-electron chi connectivity index (χ0n) is 10.1. The molecule has 0 N–H and O–H groups in total. The number of ether oxygens (including phenoxy) is 1. The summed E-state index contributed by atoms with van der Waals surface area (Å²) < 4.78 is 4.69. The molecule has 6 nitrogen and oxygen atoms in total. The summed E-state index contributed by atoms with van der Waals surface area (Å²) in [6, 6.07) is 1.51. The first-order valence-corrected chi connectivity index (χ1v) is 6.91. The van der Waals surface area contributed by atoms with Gasteiger partial charge in [-0.05, 0) is 17.9 Å². The van der Waals surface area contributed by atoms with Crippen LogP contribution in [0.3, 0.4) is 0 Å². The van der Waals surface area contributed by atoms with Crippen LogP contribution in [0.25, 0.3) is 0 Å². The van der Waals surface area contributed by atoms with Crippen LogP contribution in [0.5, 0.6) is 0 Å². The lowest BCUT2D eigenvalue weighted by molar-refractivity contribution is -0.127.